The molecule has 0 aliphatic carbocycles. The first-order chi connectivity index (χ1) is 33.5. The van der Waals surface area contributed by atoms with Gasteiger partial charge in [-0.15, -0.1) is 0 Å². The molecule has 0 fully saturated rings. The lowest BCUT2D eigenvalue weighted by Crippen LogP contribution is -2.36. The topological polar surface area (TPSA) is 162 Å². The second-order valence-corrected chi connectivity index (χ2v) is 18.7. The van der Waals surface area contributed by atoms with Gasteiger partial charge >= 0.3 is 0 Å². The Morgan fingerprint density at radius 1 is 0.300 bits per heavy atom. The van der Waals surface area contributed by atoms with Gasteiger partial charge in [0, 0.05) is 22.7 Å². The van der Waals surface area contributed by atoms with Gasteiger partial charge in [-0.1, -0.05) is 124 Å². The predicted molar refractivity (Wildman–Crippen MR) is 279 cm³/mol. The van der Waals surface area contributed by atoms with E-state index in [-0.39, 0.29) is 57.8 Å². The van der Waals surface area contributed by atoms with Gasteiger partial charge in [-0.05, 0) is 180 Å². The second-order valence-electron chi connectivity index (χ2n) is 18.7. The molecule has 0 saturated carbocycles. The summed E-state index contributed by atoms with van der Waals surface area (Å²) in [7, 11) is 0. The van der Waals surface area contributed by atoms with E-state index in [2.05, 4.69) is 26.0 Å². The molecule has 0 aliphatic rings. The van der Waals surface area contributed by atoms with E-state index < -0.39 is 10.8 Å². The van der Waals surface area contributed by atoms with Crippen molar-refractivity contribution in [2.24, 2.45) is 0 Å². The van der Waals surface area contributed by atoms with Crippen molar-refractivity contribution in [1.29, 1.82) is 0 Å². The van der Waals surface area contributed by atoms with Crippen LogP contribution in [0.15, 0.2) is 170 Å². The Hall–Kier alpha value is -7.84. The van der Waals surface area contributed by atoms with Crippen LogP contribution in [-0.4, -0.2) is 40.9 Å². The van der Waals surface area contributed by atoms with Crippen LogP contribution < -0.4 is 0 Å². The van der Waals surface area contributed by atoms with E-state index in [1.54, 1.807) is 72.8 Å². The lowest BCUT2D eigenvalue weighted by atomic mass is 9.59. The van der Waals surface area contributed by atoms with Crippen LogP contribution in [0.4, 0.5) is 0 Å². The molecule has 0 unspecified atom stereocenters. The van der Waals surface area contributed by atoms with E-state index in [1.807, 2.05) is 113 Å². The van der Waals surface area contributed by atoms with Gasteiger partial charge in [0.15, 0.2) is 0 Å². The molecule has 0 saturated heterocycles. The third-order valence-corrected chi connectivity index (χ3v) is 14.0. The summed E-state index contributed by atoms with van der Waals surface area (Å²) in [4.78, 5) is 0. The van der Waals surface area contributed by atoms with Gasteiger partial charge in [0.2, 0.25) is 0 Å². The van der Waals surface area contributed by atoms with E-state index in [4.69, 9.17) is 0 Å². The quantitative estimate of drug-likeness (QED) is 0.0534. The van der Waals surface area contributed by atoms with Crippen LogP contribution in [0.2, 0.25) is 0 Å². The number of phenols is 8. The van der Waals surface area contributed by atoms with Crippen LogP contribution in [0, 0.1) is 27.7 Å². The average Bonchev–Trinajstić information content (AvgIpc) is 3.34. The Morgan fingerprint density at radius 3 is 0.843 bits per heavy atom. The first-order valence-electron chi connectivity index (χ1n) is 23.9. The average molecular weight is 937 g/mol. The summed E-state index contributed by atoms with van der Waals surface area (Å²) < 4.78 is 0. The van der Waals surface area contributed by atoms with Gasteiger partial charge in [0.1, 0.15) is 46.0 Å². The fraction of sp³-hybridized carbons (Fsp3) is 0.226. The third kappa shape index (κ3) is 10.1. The number of hydrogen-bond acceptors (Lipinski definition) is 8. The first-order valence-corrected chi connectivity index (χ1v) is 23.9. The van der Waals surface area contributed by atoms with Crippen LogP contribution in [0.5, 0.6) is 46.0 Å². The number of phenolic OH excluding ortho intramolecular Hbond substituents is 8. The minimum absolute atomic E-state index is 0.173. The highest BCUT2D eigenvalue weighted by Crippen LogP contribution is 2.54. The Labute approximate surface area is 411 Å². The molecule has 0 spiro atoms. The highest BCUT2D eigenvalue weighted by Gasteiger charge is 2.45. The summed E-state index contributed by atoms with van der Waals surface area (Å²) in [5.41, 5.74) is 10.2. The van der Waals surface area contributed by atoms with Crippen LogP contribution in [0.1, 0.15) is 118 Å². The molecule has 0 radical (unpaired) electrons. The fourth-order valence-electron chi connectivity index (χ4n) is 10.6. The molecule has 8 aromatic rings. The molecule has 0 atom stereocenters. The Morgan fingerprint density at radius 2 is 0.543 bits per heavy atom. The lowest BCUT2D eigenvalue weighted by molar-refractivity contribution is 0.407. The van der Waals surface area contributed by atoms with Gasteiger partial charge in [0.25, 0.3) is 0 Å². The zero-order chi connectivity index (χ0) is 50.3. The second kappa shape index (κ2) is 21.2. The normalized spacial score (nSPS) is 11.7. The SMILES string of the molecule is CCCC(c1ccc(O)c(C)c1)(c1ccc(O)c(C)c1)C(c1ccc(O)c(C)c1)c1ccc(O)c(C)c1.CCCC(c1ccc(O)cc1)(c1ccc(O)cc1)C(c1ccc(O)cc1)c1ccc(O)cc1. The summed E-state index contributed by atoms with van der Waals surface area (Å²) in [6.45, 7) is 11.9. The maximum absolute atomic E-state index is 10.4. The standard InChI is InChI=1S/C33H36O4.C29H28O4/c1-6-15-33(26-9-13-30(36)22(4)18-26,27-10-14-31(37)23(5)19-27)32(24-7-11-28(34)20(2)16-24)25-8-12-29(35)21(3)17-25;1-2-19-29(22-7-15-26(32)16-8-22,23-9-17-27(33)18-10-23)28(20-3-11-24(30)12-4-20)21-5-13-25(31)14-6-21/h7-14,16-19,32,34-37H,6,15H2,1-5H3;3-18,28,30-33H,2,19H2,1H3. The smallest absolute Gasteiger partial charge is 0.118 e. The molecule has 8 heteroatoms. The lowest BCUT2D eigenvalue weighted by Gasteiger charge is -2.44. The number of benzene rings is 8. The Bertz CT molecular complexity index is 2840. The van der Waals surface area contributed by atoms with E-state index in [0.29, 0.717) is 0 Å². The molecule has 8 nitrogen and oxygen atoms in total. The van der Waals surface area contributed by atoms with Crippen LogP contribution in [0.3, 0.4) is 0 Å². The number of hydrogen-bond donors (Lipinski definition) is 8. The highest BCUT2D eigenvalue weighted by molar-refractivity contribution is 5.57. The van der Waals surface area contributed by atoms with Crippen molar-refractivity contribution in [2.45, 2.75) is 89.9 Å². The third-order valence-electron chi connectivity index (χ3n) is 14.0. The van der Waals surface area contributed by atoms with Crippen molar-refractivity contribution in [1.82, 2.24) is 0 Å². The molecule has 0 bridgehead atoms. The molecule has 70 heavy (non-hydrogen) atoms. The molecule has 8 N–H and O–H groups in total. The number of aromatic hydroxyl groups is 8. The zero-order valence-corrected chi connectivity index (χ0v) is 40.7. The molecule has 0 amide bonds. The van der Waals surface area contributed by atoms with Crippen molar-refractivity contribution in [3.8, 4) is 46.0 Å². The van der Waals surface area contributed by atoms with Crippen molar-refractivity contribution >= 4 is 0 Å². The van der Waals surface area contributed by atoms with E-state index in [9.17, 15) is 40.9 Å². The first kappa shape index (κ1) is 50.0. The van der Waals surface area contributed by atoms with Crippen molar-refractivity contribution in [2.75, 3.05) is 0 Å². The monoisotopic (exact) mass is 936 g/mol. The van der Waals surface area contributed by atoms with Gasteiger partial charge < -0.3 is 40.9 Å². The van der Waals surface area contributed by atoms with Gasteiger partial charge in [-0.3, -0.25) is 0 Å². The minimum atomic E-state index is -0.585. The van der Waals surface area contributed by atoms with Crippen LogP contribution >= 0.6 is 0 Å². The van der Waals surface area contributed by atoms with E-state index >= 15 is 0 Å². The molecule has 8 aromatic carbocycles. The van der Waals surface area contributed by atoms with E-state index in [0.717, 1.165) is 92.4 Å². The summed E-state index contributed by atoms with van der Waals surface area (Å²) in [6.07, 6.45) is 3.33. The van der Waals surface area contributed by atoms with Crippen molar-refractivity contribution < 1.29 is 40.9 Å². The molecule has 0 aliphatic heterocycles. The number of aryl methyl sites for hydroxylation is 4. The van der Waals surface area contributed by atoms with Crippen molar-refractivity contribution in [3.05, 3.63) is 237 Å². The van der Waals surface area contributed by atoms with Crippen LogP contribution in [-0.2, 0) is 10.8 Å². The predicted octanol–water partition coefficient (Wildman–Crippen LogP) is 14.1. The highest BCUT2D eigenvalue weighted by atomic mass is 16.3. The van der Waals surface area contributed by atoms with Crippen LogP contribution in [0.25, 0.3) is 0 Å². The summed E-state index contributed by atoms with van der Waals surface area (Å²) >= 11 is 0. The number of rotatable bonds is 14. The van der Waals surface area contributed by atoms with Gasteiger partial charge in [-0.25, -0.2) is 0 Å². The Kier molecular flexibility index (Phi) is 15.2. The van der Waals surface area contributed by atoms with Gasteiger partial charge in [0.05, 0.1) is 0 Å². The molecule has 360 valence electrons. The molecule has 8 rings (SSSR count). The van der Waals surface area contributed by atoms with E-state index in [1.165, 1.54) is 0 Å². The molecular weight excluding hydrogens is 873 g/mol. The summed E-state index contributed by atoms with van der Waals surface area (Å²) in [6, 6.07) is 52.2. The molecular formula is C62H64O8. The maximum Gasteiger partial charge on any atom is 0.118 e. The maximum atomic E-state index is 10.4. The molecule has 0 aromatic heterocycles. The minimum Gasteiger partial charge on any atom is -0.508 e. The Balaban J connectivity index is 0.000000208. The fourth-order valence-corrected chi connectivity index (χ4v) is 10.6. The zero-order valence-electron chi connectivity index (χ0n) is 40.7. The van der Waals surface area contributed by atoms with Crippen molar-refractivity contribution in [3.63, 3.8) is 0 Å². The summed E-state index contributed by atoms with van der Waals surface area (Å²) in [5, 5.41) is 81.5. The van der Waals surface area contributed by atoms with Gasteiger partial charge in [-0.2, -0.15) is 0 Å². The largest absolute Gasteiger partial charge is 0.508 e. The summed E-state index contributed by atoms with van der Waals surface area (Å²) in [5.74, 6) is 1.38. The molecule has 0 heterocycles.